The molecule has 1 N–H and O–H groups in total. The Morgan fingerprint density at radius 2 is 1.91 bits per heavy atom. The van der Waals surface area contributed by atoms with Crippen molar-refractivity contribution >= 4 is 43.9 Å². The van der Waals surface area contributed by atoms with Crippen LogP contribution in [0.4, 0.5) is 0 Å². The van der Waals surface area contributed by atoms with Crippen LogP contribution in [-0.2, 0) is 0 Å². The minimum absolute atomic E-state index is 0.0179. The third kappa shape index (κ3) is 3.49. The maximum Gasteiger partial charge on any atom is 0.333 e. The van der Waals surface area contributed by atoms with E-state index >= 15 is 0 Å². The molecule has 0 radical (unpaired) electrons. The van der Waals surface area contributed by atoms with Crippen molar-refractivity contribution < 1.29 is 4.74 Å². The molecule has 0 unspecified atom stereocenters. The first-order valence-electron chi connectivity index (χ1n) is 10.0. The number of hydrogen-bond acceptors (Lipinski definition) is 5. The molecule has 2 aromatic carbocycles. The number of nitrogens with one attached hydrogen (secondary N) is 1. The molecular weight excluding hydrogens is 446 g/mol. The van der Waals surface area contributed by atoms with Gasteiger partial charge in [0.15, 0.2) is 0 Å². The summed E-state index contributed by atoms with van der Waals surface area (Å²) in [5, 5.41) is 2.15. The van der Waals surface area contributed by atoms with E-state index in [-0.39, 0.29) is 6.10 Å². The van der Waals surface area contributed by atoms with Gasteiger partial charge in [0.2, 0.25) is 0 Å². The molecule has 0 aliphatic rings. The van der Waals surface area contributed by atoms with E-state index in [2.05, 4.69) is 9.97 Å². The van der Waals surface area contributed by atoms with Crippen LogP contribution in [0.5, 0.6) is 5.75 Å². The minimum Gasteiger partial charge on any atom is -0.491 e. The lowest BCUT2D eigenvalue weighted by molar-refractivity contribution is 0.242. The number of rotatable bonds is 4. The molecule has 3 aromatic heterocycles. The normalized spacial score (nSPS) is 11.5. The molecular formula is C24H18ClN3O3S. The van der Waals surface area contributed by atoms with Gasteiger partial charge in [0.05, 0.1) is 23.5 Å². The van der Waals surface area contributed by atoms with Crippen LogP contribution >= 0.6 is 22.9 Å². The number of halogens is 1. The van der Waals surface area contributed by atoms with Gasteiger partial charge in [-0.3, -0.25) is 9.78 Å². The molecule has 32 heavy (non-hydrogen) atoms. The summed E-state index contributed by atoms with van der Waals surface area (Å²) in [6.07, 6.45) is 3.25. The number of hydrogen-bond donors (Lipinski definition) is 1. The van der Waals surface area contributed by atoms with Gasteiger partial charge in [-0.25, -0.2) is 9.36 Å². The smallest absolute Gasteiger partial charge is 0.333 e. The summed E-state index contributed by atoms with van der Waals surface area (Å²) in [5.41, 5.74) is 0.730. The van der Waals surface area contributed by atoms with Crippen LogP contribution in [-0.4, -0.2) is 20.6 Å². The molecule has 0 amide bonds. The number of benzene rings is 2. The predicted molar refractivity (Wildman–Crippen MR) is 130 cm³/mol. The van der Waals surface area contributed by atoms with Crippen LogP contribution in [0.25, 0.3) is 37.1 Å². The Bertz CT molecular complexity index is 1600. The Labute approximate surface area is 191 Å². The molecule has 0 saturated heterocycles. The molecule has 0 atom stereocenters. The van der Waals surface area contributed by atoms with Gasteiger partial charge in [-0.05, 0) is 38.1 Å². The van der Waals surface area contributed by atoms with Crippen molar-refractivity contribution in [2.24, 2.45) is 0 Å². The molecule has 6 nitrogen and oxygen atoms in total. The first-order chi connectivity index (χ1) is 15.4. The first kappa shape index (κ1) is 20.5. The zero-order chi connectivity index (χ0) is 22.4. The summed E-state index contributed by atoms with van der Waals surface area (Å²) in [6.45, 7) is 3.89. The van der Waals surface area contributed by atoms with E-state index < -0.39 is 11.2 Å². The standard InChI is InChI=1S/C24H18ClN3O3S/c1-13(2)31-15-7-8-18(25)17(9-15)21-10-19-22(32-21)23(29)28(24(30)27-19)20-12-26-11-14-5-3-4-6-16(14)20/h3-13H,1-2H3,(H,27,30). The SMILES string of the molecule is CC(C)Oc1ccc(Cl)c(-c2cc3[nH]c(=O)n(-c4cncc5ccccc45)c(=O)c3s2)c1. The molecule has 160 valence electrons. The van der Waals surface area contributed by atoms with Crippen LogP contribution in [0.2, 0.25) is 5.02 Å². The van der Waals surface area contributed by atoms with Crippen LogP contribution in [0.1, 0.15) is 13.8 Å². The van der Waals surface area contributed by atoms with Crippen molar-refractivity contribution in [1.29, 1.82) is 0 Å². The summed E-state index contributed by atoms with van der Waals surface area (Å²) in [6, 6.07) is 14.7. The lowest BCUT2D eigenvalue weighted by Gasteiger charge is -2.11. The monoisotopic (exact) mass is 463 g/mol. The minimum atomic E-state index is -0.520. The molecule has 5 aromatic rings. The van der Waals surface area contributed by atoms with Crippen molar-refractivity contribution in [2.75, 3.05) is 0 Å². The van der Waals surface area contributed by atoms with Crippen molar-refractivity contribution in [3.63, 3.8) is 0 Å². The second-order valence-electron chi connectivity index (χ2n) is 7.61. The summed E-state index contributed by atoms with van der Waals surface area (Å²) in [4.78, 5) is 34.1. The van der Waals surface area contributed by atoms with Crippen LogP contribution in [0.15, 0.2) is 70.5 Å². The van der Waals surface area contributed by atoms with Crippen molar-refractivity contribution in [3.05, 3.63) is 86.8 Å². The van der Waals surface area contributed by atoms with Crippen LogP contribution in [0, 0.1) is 0 Å². The number of thiophene rings is 1. The maximum absolute atomic E-state index is 13.4. The zero-order valence-corrected chi connectivity index (χ0v) is 18.8. The number of aromatic amines is 1. The fourth-order valence-electron chi connectivity index (χ4n) is 3.68. The summed E-state index contributed by atoms with van der Waals surface area (Å²) >= 11 is 7.72. The maximum atomic E-state index is 13.4. The molecule has 3 heterocycles. The molecule has 8 heteroatoms. The fraction of sp³-hybridized carbons (Fsp3) is 0.125. The number of H-pyrrole nitrogens is 1. The largest absolute Gasteiger partial charge is 0.491 e. The summed E-state index contributed by atoms with van der Waals surface area (Å²) in [7, 11) is 0. The Kier molecular flexibility index (Phi) is 5.07. The Morgan fingerprint density at radius 1 is 1.09 bits per heavy atom. The number of nitrogens with zero attached hydrogens (tertiary/aromatic N) is 2. The van der Waals surface area contributed by atoms with Crippen molar-refractivity contribution in [2.45, 2.75) is 20.0 Å². The third-order valence-electron chi connectivity index (χ3n) is 5.04. The lowest BCUT2D eigenvalue weighted by Crippen LogP contribution is -2.33. The Balaban J connectivity index is 1.71. The van der Waals surface area contributed by atoms with Gasteiger partial charge in [0, 0.05) is 32.4 Å². The quantitative estimate of drug-likeness (QED) is 0.387. The van der Waals surface area contributed by atoms with E-state index in [1.165, 1.54) is 17.5 Å². The predicted octanol–water partition coefficient (Wildman–Crippen LogP) is 5.40. The number of aromatic nitrogens is 3. The molecule has 0 saturated carbocycles. The van der Waals surface area contributed by atoms with E-state index in [1.807, 2.05) is 50.2 Å². The van der Waals surface area contributed by atoms with Gasteiger partial charge >= 0.3 is 5.69 Å². The van der Waals surface area contributed by atoms with E-state index in [0.717, 1.165) is 25.8 Å². The Hall–Kier alpha value is -3.42. The third-order valence-corrected chi connectivity index (χ3v) is 6.52. The number of ether oxygens (including phenoxy) is 1. The molecule has 0 spiro atoms. The van der Waals surface area contributed by atoms with Gasteiger partial charge in [0.25, 0.3) is 5.56 Å². The van der Waals surface area contributed by atoms with Crippen molar-refractivity contribution in [1.82, 2.24) is 14.5 Å². The van der Waals surface area contributed by atoms with E-state index in [9.17, 15) is 9.59 Å². The van der Waals surface area contributed by atoms with Gasteiger partial charge < -0.3 is 9.72 Å². The topological polar surface area (TPSA) is 77.0 Å². The highest BCUT2D eigenvalue weighted by molar-refractivity contribution is 7.22. The van der Waals surface area contributed by atoms with Gasteiger partial charge in [0.1, 0.15) is 10.4 Å². The highest BCUT2D eigenvalue weighted by Crippen LogP contribution is 2.37. The molecule has 0 fully saturated rings. The van der Waals surface area contributed by atoms with E-state index in [4.69, 9.17) is 16.3 Å². The summed E-state index contributed by atoms with van der Waals surface area (Å²) in [5.74, 6) is 0.685. The highest BCUT2D eigenvalue weighted by Gasteiger charge is 2.17. The van der Waals surface area contributed by atoms with Gasteiger partial charge in [-0.2, -0.15) is 0 Å². The fourth-order valence-corrected chi connectivity index (χ4v) is 5.03. The summed E-state index contributed by atoms with van der Waals surface area (Å²) < 4.78 is 7.35. The Morgan fingerprint density at radius 3 is 2.72 bits per heavy atom. The second-order valence-corrected chi connectivity index (χ2v) is 9.07. The molecule has 0 aliphatic carbocycles. The highest BCUT2D eigenvalue weighted by atomic mass is 35.5. The molecule has 0 aliphatic heterocycles. The van der Waals surface area contributed by atoms with E-state index in [0.29, 0.717) is 26.7 Å². The first-order valence-corrected chi connectivity index (χ1v) is 11.2. The zero-order valence-electron chi connectivity index (χ0n) is 17.3. The van der Waals surface area contributed by atoms with Crippen LogP contribution < -0.4 is 16.0 Å². The van der Waals surface area contributed by atoms with Gasteiger partial charge in [-0.1, -0.05) is 35.9 Å². The number of pyridine rings is 1. The lowest BCUT2D eigenvalue weighted by atomic mass is 10.1. The number of fused-ring (bicyclic) bond motifs is 2. The average molecular weight is 464 g/mol. The molecule has 0 bridgehead atoms. The van der Waals surface area contributed by atoms with Gasteiger partial charge in [-0.15, -0.1) is 11.3 Å². The second kappa shape index (κ2) is 7.93. The van der Waals surface area contributed by atoms with Crippen molar-refractivity contribution in [3.8, 4) is 21.9 Å². The van der Waals surface area contributed by atoms with E-state index in [1.54, 1.807) is 18.3 Å². The molecule has 5 rings (SSSR count). The van der Waals surface area contributed by atoms with Crippen LogP contribution in [0.3, 0.4) is 0 Å². The average Bonchev–Trinajstić information content (AvgIpc) is 3.19.